The Morgan fingerprint density at radius 3 is 1.95 bits per heavy atom. The molecule has 0 spiro atoms. The minimum atomic E-state index is -3.86. The number of nitrogens with one attached hydrogen (secondary N) is 3. The molecular weight excluding hydrogens is 512 g/mol. The molecule has 9 nitrogen and oxygen atoms in total. The summed E-state index contributed by atoms with van der Waals surface area (Å²) in [5, 5.41) is 2.71. The Hall–Kier alpha value is -4.22. The van der Waals surface area contributed by atoms with Crippen molar-refractivity contribution in [2.75, 3.05) is 14.8 Å². The molecule has 3 N–H and O–H groups in total. The molecule has 4 rings (SSSR count). The fourth-order valence-corrected chi connectivity index (χ4v) is 5.58. The highest BCUT2D eigenvalue weighted by molar-refractivity contribution is 7.93. The zero-order valence-electron chi connectivity index (χ0n) is 20.0. The van der Waals surface area contributed by atoms with Crippen molar-refractivity contribution in [1.82, 2.24) is 4.98 Å². The summed E-state index contributed by atoms with van der Waals surface area (Å²) in [6.07, 6.45) is 1.47. The Labute approximate surface area is 215 Å². The molecule has 1 amide bonds. The molecule has 37 heavy (non-hydrogen) atoms. The van der Waals surface area contributed by atoms with Gasteiger partial charge in [-0.2, -0.15) is 0 Å². The van der Waals surface area contributed by atoms with Gasteiger partial charge in [-0.25, -0.2) is 21.8 Å². The number of hydrogen-bond donors (Lipinski definition) is 3. The van der Waals surface area contributed by atoms with Gasteiger partial charge in [0.15, 0.2) is 0 Å². The fraction of sp³-hybridized carbons (Fsp3) is 0.0769. The zero-order chi connectivity index (χ0) is 26.6. The lowest BCUT2D eigenvalue weighted by molar-refractivity contribution is 0.102. The van der Waals surface area contributed by atoms with Crippen molar-refractivity contribution in [3.63, 3.8) is 0 Å². The first kappa shape index (κ1) is 25.9. The first-order valence-corrected chi connectivity index (χ1v) is 14.1. The van der Waals surface area contributed by atoms with Gasteiger partial charge in [0.1, 0.15) is 5.82 Å². The average Bonchev–Trinajstić information content (AvgIpc) is 2.86. The molecule has 0 unspecified atom stereocenters. The van der Waals surface area contributed by atoms with Crippen molar-refractivity contribution >= 4 is 43.1 Å². The topological polar surface area (TPSA) is 134 Å². The number of aryl methyl sites for hydroxylation is 1. The number of carbonyl (C=O) groups excluding carboxylic acids is 1. The lowest BCUT2D eigenvalue weighted by atomic mass is 10.1. The summed E-state index contributed by atoms with van der Waals surface area (Å²) in [4.78, 5) is 17.0. The van der Waals surface area contributed by atoms with Gasteiger partial charge in [0.25, 0.3) is 26.0 Å². The molecule has 0 saturated carbocycles. The van der Waals surface area contributed by atoms with E-state index in [0.717, 1.165) is 5.56 Å². The lowest BCUT2D eigenvalue weighted by Crippen LogP contribution is -2.17. The highest BCUT2D eigenvalue weighted by Crippen LogP contribution is 2.24. The third-order valence-corrected chi connectivity index (χ3v) is 8.23. The van der Waals surface area contributed by atoms with Crippen LogP contribution in [0.1, 0.15) is 21.5 Å². The predicted octanol–water partition coefficient (Wildman–Crippen LogP) is 4.55. The van der Waals surface area contributed by atoms with Gasteiger partial charge in [0, 0.05) is 17.4 Å². The normalized spacial score (nSPS) is 11.5. The van der Waals surface area contributed by atoms with Crippen LogP contribution >= 0.6 is 0 Å². The van der Waals surface area contributed by atoms with Gasteiger partial charge >= 0.3 is 0 Å². The lowest BCUT2D eigenvalue weighted by Gasteiger charge is -2.14. The molecule has 0 aliphatic heterocycles. The van der Waals surface area contributed by atoms with Gasteiger partial charge in [-0.15, -0.1) is 0 Å². The summed E-state index contributed by atoms with van der Waals surface area (Å²) in [7, 11) is -7.70. The number of rotatable bonds is 8. The average molecular weight is 537 g/mol. The van der Waals surface area contributed by atoms with Crippen molar-refractivity contribution in [1.29, 1.82) is 0 Å². The molecule has 0 radical (unpaired) electrons. The second kappa shape index (κ2) is 10.4. The maximum Gasteiger partial charge on any atom is 0.263 e. The van der Waals surface area contributed by atoms with Crippen LogP contribution < -0.4 is 14.8 Å². The van der Waals surface area contributed by atoms with E-state index >= 15 is 0 Å². The molecule has 0 aliphatic carbocycles. The van der Waals surface area contributed by atoms with Crippen molar-refractivity contribution in [2.45, 2.75) is 23.6 Å². The monoisotopic (exact) mass is 536 g/mol. The molecule has 0 fully saturated rings. The van der Waals surface area contributed by atoms with Crippen molar-refractivity contribution in [2.24, 2.45) is 0 Å². The van der Waals surface area contributed by atoms with Crippen LogP contribution in [0, 0.1) is 13.8 Å². The molecule has 1 aromatic heterocycles. The Morgan fingerprint density at radius 1 is 0.703 bits per heavy atom. The van der Waals surface area contributed by atoms with Crippen molar-refractivity contribution in [3.8, 4) is 0 Å². The van der Waals surface area contributed by atoms with E-state index in [1.165, 1.54) is 48.7 Å². The van der Waals surface area contributed by atoms with E-state index in [0.29, 0.717) is 11.3 Å². The van der Waals surface area contributed by atoms with Crippen LogP contribution in [0.3, 0.4) is 0 Å². The fourth-order valence-electron chi connectivity index (χ4n) is 3.45. The van der Waals surface area contributed by atoms with E-state index in [-0.39, 0.29) is 26.9 Å². The number of aromatic nitrogens is 1. The molecule has 0 saturated heterocycles. The van der Waals surface area contributed by atoms with E-state index in [4.69, 9.17) is 0 Å². The largest absolute Gasteiger partial charge is 0.322 e. The number of amides is 1. The summed E-state index contributed by atoms with van der Waals surface area (Å²) in [5.41, 5.74) is 2.28. The van der Waals surface area contributed by atoms with Crippen LogP contribution in [0.5, 0.6) is 0 Å². The standard InChI is InChI=1S/C26H24N4O5S2/c1-18-9-13-21(14-10-18)36(32,33)29-24-7-5-6-23(19(24)2)26(31)28-20-11-15-22(16-12-20)37(34,35)30-25-8-3-4-17-27-25/h3-17,29H,1-2H3,(H,27,30)(H,28,31). The van der Waals surface area contributed by atoms with Crippen molar-refractivity contribution < 1.29 is 21.6 Å². The van der Waals surface area contributed by atoms with Gasteiger partial charge in [0.05, 0.1) is 15.5 Å². The molecule has 1 heterocycles. The number of hydrogen-bond acceptors (Lipinski definition) is 6. The Kier molecular flexibility index (Phi) is 7.28. The SMILES string of the molecule is Cc1ccc(S(=O)(=O)Nc2cccc(C(=O)Nc3ccc(S(=O)(=O)Nc4ccccn4)cc3)c2C)cc1. The van der Waals surface area contributed by atoms with Gasteiger partial charge in [0.2, 0.25) is 0 Å². The van der Waals surface area contributed by atoms with E-state index in [9.17, 15) is 21.6 Å². The van der Waals surface area contributed by atoms with Crippen LogP contribution in [-0.2, 0) is 20.0 Å². The quantitative estimate of drug-likeness (QED) is 0.302. The van der Waals surface area contributed by atoms with Crippen LogP contribution in [-0.4, -0.2) is 27.7 Å². The summed E-state index contributed by atoms with van der Waals surface area (Å²) < 4.78 is 55.7. The molecule has 3 aromatic carbocycles. The first-order chi connectivity index (χ1) is 17.5. The molecule has 0 atom stereocenters. The summed E-state index contributed by atoms with van der Waals surface area (Å²) in [5.74, 6) is -0.288. The van der Waals surface area contributed by atoms with Crippen molar-refractivity contribution in [3.05, 3.63) is 108 Å². The zero-order valence-corrected chi connectivity index (χ0v) is 21.6. The molecular formula is C26H24N4O5S2. The molecule has 0 bridgehead atoms. The van der Waals surface area contributed by atoms with Gasteiger partial charge in [-0.1, -0.05) is 29.8 Å². The minimum Gasteiger partial charge on any atom is -0.322 e. The third-order valence-electron chi connectivity index (χ3n) is 5.48. The Morgan fingerprint density at radius 2 is 1.32 bits per heavy atom. The predicted molar refractivity (Wildman–Crippen MR) is 143 cm³/mol. The van der Waals surface area contributed by atoms with Crippen LogP contribution in [0.2, 0.25) is 0 Å². The summed E-state index contributed by atoms with van der Waals surface area (Å²) in [6, 6.07) is 21.7. The van der Waals surface area contributed by atoms with Gasteiger partial charge in [-0.3, -0.25) is 14.2 Å². The maximum atomic E-state index is 13.0. The second-order valence-electron chi connectivity index (χ2n) is 8.20. The van der Waals surface area contributed by atoms with Crippen LogP contribution in [0.25, 0.3) is 0 Å². The van der Waals surface area contributed by atoms with E-state index in [1.54, 1.807) is 49.4 Å². The van der Waals surface area contributed by atoms with Crippen LogP contribution in [0.4, 0.5) is 17.2 Å². The third kappa shape index (κ3) is 6.13. The van der Waals surface area contributed by atoms with E-state index < -0.39 is 26.0 Å². The number of sulfonamides is 2. The Balaban J connectivity index is 1.49. The first-order valence-electron chi connectivity index (χ1n) is 11.1. The second-order valence-corrected chi connectivity index (χ2v) is 11.6. The molecule has 190 valence electrons. The van der Waals surface area contributed by atoms with Crippen LogP contribution in [0.15, 0.2) is 101 Å². The Bertz CT molecular complexity index is 1640. The number of anilines is 3. The van der Waals surface area contributed by atoms with E-state index in [2.05, 4.69) is 19.7 Å². The van der Waals surface area contributed by atoms with Gasteiger partial charge in [-0.05, 0) is 80.1 Å². The highest BCUT2D eigenvalue weighted by Gasteiger charge is 2.19. The molecule has 0 aliphatic rings. The smallest absolute Gasteiger partial charge is 0.263 e. The molecule has 4 aromatic rings. The number of benzene rings is 3. The van der Waals surface area contributed by atoms with Gasteiger partial charge < -0.3 is 5.32 Å². The maximum absolute atomic E-state index is 13.0. The number of nitrogens with zero attached hydrogens (tertiary/aromatic N) is 1. The summed E-state index contributed by atoms with van der Waals surface area (Å²) >= 11 is 0. The van der Waals surface area contributed by atoms with E-state index in [1.807, 2.05) is 6.92 Å². The minimum absolute atomic E-state index is 0.000146. The molecule has 11 heteroatoms. The number of carbonyl (C=O) groups is 1. The number of pyridine rings is 1. The highest BCUT2D eigenvalue weighted by atomic mass is 32.2. The summed E-state index contributed by atoms with van der Waals surface area (Å²) in [6.45, 7) is 3.50.